The monoisotopic (exact) mass is 297 g/mol. The van der Waals surface area contributed by atoms with Gasteiger partial charge >= 0.3 is 5.97 Å². The van der Waals surface area contributed by atoms with Crippen molar-refractivity contribution in [2.45, 2.75) is 64.7 Å². The Hall–Kier alpha value is -0.940. The minimum Gasteiger partial charge on any atom is -0.466 e. The average Bonchev–Trinajstić information content (AvgIpc) is 2.95. The van der Waals surface area contributed by atoms with Crippen LogP contribution < -0.4 is 0 Å². The van der Waals surface area contributed by atoms with Gasteiger partial charge in [-0.15, -0.1) is 0 Å². The summed E-state index contributed by atoms with van der Waals surface area (Å²) in [5, 5.41) is 0. The van der Waals surface area contributed by atoms with Gasteiger partial charge in [-0.1, -0.05) is 6.92 Å². The van der Waals surface area contributed by atoms with E-state index in [1.807, 2.05) is 6.92 Å². The summed E-state index contributed by atoms with van der Waals surface area (Å²) in [7, 11) is 0. The molecule has 5 nitrogen and oxygen atoms in total. The van der Waals surface area contributed by atoms with Crippen LogP contribution in [0.3, 0.4) is 0 Å². The molecule has 0 spiro atoms. The first kappa shape index (κ1) is 16.4. The number of carbonyl (C=O) groups excluding carboxylic acids is 1. The molecule has 1 fully saturated rings. The molecule has 2 atom stereocenters. The first-order valence-electron chi connectivity index (χ1n) is 8.14. The van der Waals surface area contributed by atoms with E-state index < -0.39 is 0 Å². The molecule has 0 aromatic rings. The number of aliphatic imine (C=N–C) groups is 1. The molecule has 0 amide bonds. The Bertz CT molecular complexity index is 363. The maximum absolute atomic E-state index is 11.4. The zero-order valence-corrected chi connectivity index (χ0v) is 13.2. The summed E-state index contributed by atoms with van der Waals surface area (Å²) in [5.41, 5.74) is 1.24. The molecule has 0 aromatic carbocycles. The molecule has 21 heavy (non-hydrogen) atoms. The third-order valence-corrected chi connectivity index (χ3v) is 4.12. The summed E-state index contributed by atoms with van der Waals surface area (Å²) >= 11 is 0. The smallest absolute Gasteiger partial charge is 0.305 e. The summed E-state index contributed by atoms with van der Waals surface area (Å²) in [6.45, 7) is 5.92. The Morgan fingerprint density at radius 2 is 2.10 bits per heavy atom. The van der Waals surface area contributed by atoms with Crippen molar-refractivity contribution >= 4 is 11.7 Å². The molecule has 0 saturated carbocycles. The highest BCUT2D eigenvalue weighted by Crippen LogP contribution is 2.26. The predicted octanol–water partition coefficient (Wildman–Crippen LogP) is 2.72. The van der Waals surface area contributed by atoms with Crippen LogP contribution in [0.4, 0.5) is 0 Å². The lowest BCUT2D eigenvalue weighted by atomic mass is 9.89. The molecule has 2 heterocycles. The molecular formula is C16H27NO4. The summed E-state index contributed by atoms with van der Waals surface area (Å²) in [5.74, 6) is 0.416. The maximum Gasteiger partial charge on any atom is 0.305 e. The Morgan fingerprint density at radius 1 is 1.33 bits per heavy atom. The lowest BCUT2D eigenvalue weighted by Gasteiger charge is -2.26. The summed E-state index contributed by atoms with van der Waals surface area (Å²) < 4.78 is 16.0. The molecule has 2 aliphatic rings. The number of hydrogen-bond donors (Lipinski definition) is 0. The molecule has 0 aromatic heterocycles. The SMILES string of the molecule is CCOC(=O)CCCC1=NC(CC2OCCO2)CCC1C. The molecule has 2 aliphatic heterocycles. The lowest BCUT2D eigenvalue weighted by Crippen LogP contribution is -2.26. The highest BCUT2D eigenvalue weighted by atomic mass is 16.7. The van der Waals surface area contributed by atoms with Crippen molar-refractivity contribution in [3.63, 3.8) is 0 Å². The lowest BCUT2D eigenvalue weighted by molar-refractivity contribution is -0.143. The molecular weight excluding hydrogens is 270 g/mol. The fourth-order valence-corrected chi connectivity index (χ4v) is 2.93. The van der Waals surface area contributed by atoms with Gasteiger partial charge < -0.3 is 14.2 Å². The minimum atomic E-state index is -0.106. The van der Waals surface area contributed by atoms with Crippen LogP contribution in [0, 0.1) is 5.92 Å². The number of nitrogens with zero attached hydrogens (tertiary/aromatic N) is 1. The standard InChI is InChI=1S/C16H27NO4/c1-3-19-15(18)6-4-5-14-12(2)7-8-13(17-14)11-16-20-9-10-21-16/h12-13,16H,3-11H2,1-2H3. The molecule has 120 valence electrons. The van der Waals surface area contributed by atoms with Gasteiger partial charge in [-0.2, -0.15) is 0 Å². The number of hydrogen-bond acceptors (Lipinski definition) is 5. The molecule has 0 bridgehead atoms. The van der Waals surface area contributed by atoms with Crippen molar-refractivity contribution in [2.75, 3.05) is 19.8 Å². The number of rotatable bonds is 7. The van der Waals surface area contributed by atoms with Crippen molar-refractivity contribution in [3.05, 3.63) is 0 Å². The number of carbonyl (C=O) groups is 1. The molecule has 1 saturated heterocycles. The van der Waals surface area contributed by atoms with Gasteiger partial charge in [-0.05, 0) is 38.5 Å². The minimum absolute atomic E-state index is 0.0760. The second-order valence-corrected chi connectivity index (χ2v) is 5.82. The van der Waals surface area contributed by atoms with E-state index in [1.54, 1.807) is 0 Å². The van der Waals surface area contributed by atoms with Crippen molar-refractivity contribution in [3.8, 4) is 0 Å². The number of esters is 1. The van der Waals surface area contributed by atoms with Gasteiger partial charge in [0.05, 0.1) is 25.9 Å². The van der Waals surface area contributed by atoms with E-state index in [2.05, 4.69) is 6.92 Å². The van der Waals surface area contributed by atoms with Crippen molar-refractivity contribution in [1.82, 2.24) is 0 Å². The van der Waals surface area contributed by atoms with E-state index in [1.165, 1.54) is 5.71 Å². The van der Waals surface area contributed by atoms with Crippen LogP contribution in [-0.4, -0.2) is 43.8 Å². The largest absolute Gasteiger partial charge is 0.466 e. The summed E-state index contributed by atoms with van der Waals surface area (Å²) in [6.07, 6.45) is 5.25. The van der Waals surface area contributed by atoms with Crippen LogP contribution in [0.2, 0.25) is 0 Å². The van der Waals surface area contributed by atoms with Crippen molar-refractivity contribution in [2.24, 2.45) is 10.9 Å². The van der Waals surface area contributed by atoms with E-state index in [9.17, 15) is 4.79 Å². The molecule has 2 rings (SSSR count). The fraction of sp³-hybridized carbons (Fsp3) is 0.875. The summed E-state index contributed by atoms with van der Waals surface area (Å²) in [6, 6.07) is 0.307. The van der Waals surface area contributed by atoms with Gasteiger partial charge in [0.15, 0.2) is 6.29 Å². The van der Waals surface area contributed by atoms with E-state index in [0.29, 0.717) is 38.2 Å². The van der Waals surface area contributed by atoms with Gasteiger partial charge in [-0.3, -0.25) is 9.79 Å². The van der Waals surface area contributed by atoms with Crippen LogP contribution >= 0.6 is 0 Å². The Morgan fingerprint density at radius 3 is 2.81 bits per heavy atom. The van der Waals surface area contributed by atoms with Crippen molar-refractivity contribution < 1.29 is 19.0 Å². The third-order valence-electron chi connectivity index (χ3n) is 4.12. The normalized spacial score (nSPS) is 26.7. The van der Waals surface area contributed by atoms with Crippen LogP contribution in [0.25, 0.3) is 0 Å². The second kappa shape index (κ2) is 8.49. The molecule has 0 N–H and O–H groups in total. The quantitative estimate of drug-likeness (QED) is 0.678. The highest BCUT2D eigenvalue weighted by molar-refractivity contribution is 5.87. The first-order chi connectivity index (χ1) is 10.2. The zero-order chi connectivity index (χ0) is 15.1. The zero-order valence-electron chi connectivity index (χ0n) is 13.2. The van der Waals surface area contributed by atoms with Crippen LogP contribution in [0.15, 0.2) is 4.99 Å². The maximum atomic E-state index is 11.4. The van der Waals surface area contributed by atoms with Crippen LogP contribution in [-0.2, 0) is 19.0 Å². The third kappa shape index (κ3) is 5.40. The van der Waals surface area contributed by atoms with E-state index in [0.717, 1.165) is 32.1 Å². The highest BCUT2D eigenvalue weighted by Gasteiger charge is 2.26. The fourth-order valence-electron chi connectivity index (χ4n) is 2.93. The Kier molecular flexibility index (Phi) is 6.64. The molecule has 5 heteroatoms. The average molecular weight is 297 g/mol. The molecule has 0 aliphatic carbocycles. The van der Waals surface area contributed by atoms with E-state index in [4.69, 9.17) is 19.2 Å². The van der Waals surface area contributed by atoms with Crippen LogP contribution in [0.1, 0.15) is 52.4 Å². The first-order valence-corrected chi connectivity index (χ1v) is 8.14. The van der Waals surface area contributed by atoms with Crippen LogP contribution in [0.5, 0.6) is 0 Å². The molecule has 0 radical (unpaired) electrons. The Labute approximate surface area is 127 Å². The number of ether oxygens (including phenoxy) is 3. The van der Waals surface area contributed by atoms with Crippen molar-refractivity contribution in [1.29, 1.82) is 0 Å². The van der Waals surface area contributed by atoms with Gasteiger partial charge in [-0.25, -0.2) is 0 Å². The second-order valence-electron chi connectivity index (χ2n) is 5.82. The van der Waals surface area contributed by atoms with E-state index in [-0.39, 0.29) is 12.3 Å². The predicted molar refractivity (Wildman–Crippen MR) is 80.4 cm³/mol. The van der Waals surface area contributed by atoms with Gasteiger partial charge in [0.1, 0.15) is 0 Å². The summed E-state index contributed by atoms with van der Waals surface area (Å²) in [4.78, 5) is 16.2. The Balaban J connectivity index is 1.77. The molecule has 2 unspecified atom stereocenters. The van der Waals surface area contributed by atoms with E-state index >= 15 is 0 Å². The topological polar surface area (TPSA) is 57.1 Å². The van der Waals surface area contributed by atoms with Gasteiger partial charge in [0.25, 0.3) is 0 Å². The van der Waals surface area contributed by atoms with Gasteiger partial charge in [0, 0.05) is 18.6 Å². The van der Waals surface area contributed by atoms with Gasteiger partial charge in [0.2, 0.25) is 0 Å².